The zero-order valence-electron chi connectivity index (χ0n) is 28.4. The smallest absolute Gasteiger partial charge is 0.319 e. The fourth-order valence-electron chi connectivity index (χ4n) is 7.25. The van der Waals surface area contributed by atoms with Crippen molar-refractivity contribution in [2.75, 3.05) is 45.2 Å². The Hall–Kier alpha value is -2.36. The van der Waals surface area contributed by atoms with Crippen molar-refractivity contribution in [1.82, 2.24) is 15.1 Å². The number of hydrogen-bond acceptors (Lipinski definition) is 6. The van der Waals surface area contributed by atoms with Gasteiger partial charge in [0.25, 0.3) is 5.91 Å². The summed E-state index contributed by atoms with van der Waals surface area (Å²) in [5.41, 5.74) is 0.941. The van der Waals surface area contributed by atoms with Crippen molar-refractivity contribution in [2.45, 2.75) is 129 Å². The fraction of sp³-hybridized carbons (Fsp3) is 0.778. The van der Waals surface area contributed by atoms with Crippen LogP contribution in [0.4, 0.5) is 10.5 Å². The van der Waals surface area contributed by atoms with E-state index in [2.05, 4.69) is 29.5 Å². The number of amides is 3. The van der Waals surface area contributed by atoms with E-state index in [9.17, 15) is 14.7 Å². The molecule has 2 fully saturated rings. The van der Waals surface area contributed by atoms with Gasteiger partial charge in [-0.2, -0.15) is 0 Å². The Labute approximate surface area is 271 Å². The molecule has 2 aliphatic carbocycles. The molecule has 254 valence electrons. The molecule has 0 unspecified atom stereocenters. The van der Waals surface area contributed by atoms with Crippen LogP contribution < -0.4 is 15.4 Å². The molecule has 3 amide bonds. The normalized spacial score (nSPS) is 25.6. The zero-order chi connectivity index (χ0) is 32.2. The topological polar surface area (TPSA) is 103 Å². The average Bonchev–Trinajstić information content (AvgIpc) is 3.03. The molecule has 0 spiro atoms. The lowest BCUT2D eigenvalue weighted by Gasteiger charge is -2.36. The Bertz CT molecular complexity index is 1060. The summed E-state index contributed by atoms with van der Waals surface area (Å²) in [4.78, 5) is 31.4. The zero-order valence-corrected chi connectivity index (χ0v) is 28.4. The van der Waals surface area contributed by atoms with E-state index in [0.29, 0.717) is 30.2 Å². The number of likely N-dealkylation sites (N-methyl/N-ethyl adjacent to an activating group) is 1. The van der Waals surface area contributed by atoms with Gasteiger partial charge < -0.3 is 35.0 Å². The molecule has 1 heterocycles. The lowest BCUT2D eigenvalue weighted by molar-refractivity contribution is -0.0190. The summed E-state index contributed by atoms with van der Waals surface area (Å²) in [5, 5.41) is 16.3. The van der Waals surface area contributed by atoms with E-state index in [1.54, 1.807) is 23.1 Å². The highest BCUT2D eigenvalue weighted by Gasteiger charge is 2.31. The van der Waals surface area contributed by atoms with Crippen molar-refractivity contribution in [1.29, 1.82) is 0 Å². The molecule has 0 radical (unpaired) electrons. The highest BCUT2D eigenvalue weighted by atomic mass is 16.5. The van der Waals surface area contributed by atoms with Crippen LogP contribution in [0, 0.1) is 11.8 Å². The summed E-state index contributed by atoms with van der Waals surface area (Å²) in [5.74, 6) is 1.08. The van der Waals surface area contributed by atoms with E-state index in [1.807, 2.05) is 13.8 Å². The van der Waals surface area contributed by atoms with Gasteiger partial charge in [-0.1, -0.05) is 45.4 Å². The number of ether oxygens (including phenoxy) is 2. The molecule has 4 atom stereocenters. The molecule has 2 saturated carbocycles. The van der Waals surface area contributed by atoms with Crippen LogP contribution in [0.25, 0.3) is 0 Å². The van der Waals surface area contributed by atoms with Crippen molar-refractivity contribution in [3.8, 4) is 5.75 Å². The minimum atomic E-state index is -0.398. The average molecular weight is 629 g/mol. The third-order valence-electron chi connectivity index (χ3n) is 10.0. The van der Waals surface area contributed by atoms with Crippen molar-refractivity contribution >= 4 is 17.6 Å². The van der Waals surface area contributed by atoms with E-state index in [-0.39, 0.29) is 42.7 Å². The maximum Gasteiger partial charge on any atom is 0.319 e. The van der Waals surface area contributed by atoms with Gasteiger partial charge in [-0.15, -0.1) is 0 Å². The lowest BCUT2D eigenvalue weighted by atomic mass is 9.89. The molecular formula is C36H60N4O5. The molecule has 9 heteroatoms. The molecule has 1 aliphatic heterocycles. The second-order valence-corrected chi connectivity index (χ2v) is 14.2. The van der Waals surface area contributed by atoms with Crippen LogP contribution in [0.2, 0.25) is 0 Å². The number of hydrogen-bond donors (Lipinski definition) is 3. The number of aliphatic hydroxyl groups is 1. The Balaban J connectivity index is 1.54. The molecule has 4 rings (SSSR count). The van der Waals surface area contributed by atoms with Crippen molar-refractivity contribution < 1.29 is 24.2 Å². The SMILES string of the molecule is C[C@H]1CCCCO[C@H](CN(C)CC2CCCCC2)[C@@H](C)CN([C@@H](C)CO)C(=O)c2cc(NC(=O)NC3CCCCC3)ccc2O1. The van der Waals surface area contributed by atoms with E-state index in [1.165, 1.54) is 38.5 Å². The summed E-state index contributed by atoms with van der Waals surface area (Å²) in [6.07, 6.45) is 14.7. The second kappa shape index (κ2) is 18.1. The number of nitrogens with one attached hydrogen (secondary N) is 2. The Kier molecular flexibility index (Phi) is 14.3. The molecule has 0 aromatic heterocycles. The molecule has 0 saturated heterocycles. The minimum absolute atomic E-state index is 0.0349. The van der Waals surface area contributed by atoms with Crippen LogP contribution in [0.5, 0.6) is 5.75 Å². The fourth-order valence-corrected chi connectivity index (χ4v) is 7.25. The third kappa shape index (κ3) is 11.1. The van der Waals surface area contributed by atoms with Crippen molar-refractivity contribution in [2.24, 2.45) is 11.8 Å². The van der Waals surface area contributed by atoms with E-state index in [0.717, 1.165) is 64.0 Å². The van der Waals surface area contributed by atoms with Crippen molar-refractivity contribution in [3.63, 3.8) is 0 Å². The van der Waals surface area contributed by atoms with Gasteiger partial charge in [0, 0.05) is 43.9 Å². The predicted octanol–water partition coefficient (Wildman–Crippen LogP) is 6.45. The van der Waals surface area contributed by atoms with Crippen LogP contribution in [-0.4, -0.2) is 91.0 Å². The predicted molar refractivity (Wildman–Crippen MR) is 180 cm³/mol. The molecule has 1 aromatic carbocycles. The first-order valence-corrected chi connectivity index (χ1v) is 17.8. The number of fused-ring (bicyclic) bond motifs is 1. The monoisotopic (exact) mass is 628 g/mol. The Morgan fingerprint density at radius 3 is 2.40 bits per heavy atom. The van der Waals surface area contributed by atoms with E-state index >= 15 is 0 Å². The van der Waals surface area contributed by atoms with E-state index < -0.39 is 6.04 Å². The molecule has 3 N–H and O–H groups in total. The second-order valence-electron chi connectivity index (χ2n) is 14.2. The number of benzene rings is 1. The van der Waals surface area contributed by atoms with Crippen LogP contribution >= 0.6 is 0 Å². The van der Waals surface area contributed by atoms with Gasteiger partial charge in [0.2, 0.25) is 0 Å². The maximum atomic E-state index is 14.4. The highest BCUT2D eigenvalue weighted by molar-refractivity contribution is 5.99. The van der Waals surface area contributed by atoms with Gasteiger partial charge in [-0.3, -0.25) is 4.79 Å². The van der Waals surface area contributed by atoms with Crippen LogP contribution in [0.1, 0.15) is 115 Å². The first-order chi connectivity index (χ1) is 21.7. The van der Waals surface area contributed by atoms with Crippen molar-refractivity contribution in [3.05, 3.63) is 23.8 Å². The minimum Gasteiger partial charge on any atom is -0.490 e. The highest BCUT2D eigenvalue weighted by Crippen LogP contribution is 2.29. The Morgan fingerprint density at radius 2 is 1.69 bits per heavy atom. The summed E-state index contributed by atoms with van der Waals surface area (Å²) < 4.78 is 12.9. The molecule has 3 aliphatic rings. The van der Waals surface area contributed by atoms with Crippen LogP contribution in [0.15, 0.2) is 18.2 Å². The van der Waals surface area contributed by atoms with Crippen LogP contribution in [-0.2, 0) is 4.74 Å². The number of rotatable bonds is 8. The molecule has 0 bridgehead atoms. The Morgan fingerprint density at radius 1 is 1.00 bits per heavy atom. The first kappa shape index (κ1) is 35.5. The third-order valence-corrected chi connectivity index (χ3v) is 10.0. The van der Waals surface area contributed by atoms with Gasteiger partial charge in [0.15, 0.2) is 0 Å². The van der Waals surface area contributed by atoms with E-state index in [4.69, 9.17) is 9.47 Å². The van der Waals surface area contributed by atoms with Gasteiger partial charge in [-0.25, -0.2) is 4.79 Å². The summed E-state index contributed by atoms with van der Waals surface area (Å²) >= 11 is 0. The number of carbonyl (C=O) groups is 2. The number of carbonyl (C=O) groups excluding carboxylic acids is 2. The van der Waals surface area contributed by atoms with Gasteiger partial charge in [0.1, 0.15) is 5.75 Å². The van der Waals surface area contributed by atoms with Crippen LogP contribution in [0.3, 0.4) is 0 Å². The number of nitrogens with zero attached hydrogens (tertiary/aromatic N) is 2. The number of urea groups is 1. The molecule has 9 nitrogen and oxygen atoms in total. The maximum absolute atomic E-state index is 14.4. The molecular weight excluding hydrogens is 568 g/mol. The summed E-state index contributed by atoms with van der Waals surface area (Å²) in [6, 6.07) is 4.85. The number of aliphatic hydroxyl groups excluding tert-OH is 1. The number of anilines is 1. The van der Waals surface area contributed by atoms with Gasteiger partial charge in [-0.05, 0) is 90.0 Å². The molecule has 1 aromatic rings. The standard InChI is InChI=1S/C36H60N4O5/c1-26-22-40(27(2)25-41)35(42)32-21-31(38-36(43)37-30-16-9-6-10-17-30)18-19-33(32)45-28(3)13-11-12-20-44-34(26)24-39(4)23-29-14-7-5-8-15-29/h18-19,21,26-30,34,41H,5-17,20,22-25H2,1-4H3,(H2,37,38,43)/t26-,27-,28-,34+/m0/s1. The van der Waals surface area contributed by atoms with Gasteiger partial charge >= 0.3 is 6.03 Å². The summed E-state index contributed by atoms with van der Waals surface area (Å²) in [6.45, 7) is 8.92. The largest absolute Gasteiger partial charge is 0.490 e. The first-order valence-electron chi connectivity index (χ1n) is 17.8. The quantitative estimate of drug-likeness (QED) is 0.306. The lowest BCUT2D eigenvalue weighted by Crippen LogP contribution is -2.47. The molecule has 45 heavy (non-hydrogen) atoms. The van der Waals surface area contributed by atoms with Gasteiger partial charge in [0.05, 0.1) is 30.4 Å². The summed E-state index contributed by atoms with van der Waals surface area (Å²) in [7, 11) is 2.20.